The Bertz CT molecular complexity index is 527. The molecule has 7 heteroatoms. The van der Waals surface area contributed by atoms with Gasteiger partial charge in [-0.05, 0) is 18.4 Å². The summed E-state index contributed by atoms with van der Waals surface area (Å²) in [4.78, 5) is 20.3. The fourth-order valence-corrected chi connectivity index (χ4v) is 2.67. The van der Waals surface area contributed by atoms with Crippen LogP contribution in [0, 0.1) is 0 Å². The molecule has 23 heavy (non-hydrogen) atoms. The largest absolute Gasteiger partial charge is 0.485 e. The number of likely N-dealkylation sites (tertiary alicyclic amines) is 1. The van der Waals surface area contributed by atoms with Crippen molar-refractivity contribution in [1.29, 1.82) is 0 Å². The lowest BCUT2D eigenvalue weighted by atomic mass is 10.3. The predicted molar refractivity (Wildman–Crippen MR) is 95.5 cm³/mol. The standard InChI is InChI=1S/C16H26N4O2S/c1-12(23-4)10-18-16(21)20-9-7-13(11-20)22-14-6-5-8-17-15(14)19(2)3/h5-6,8,12-13H,7,9-11H2,1-4H3,(H,18,21)/t12-,13-/m1/s1. The van der Waals surface area contributed by atoms with Gasteiger partial charge in [0.05, 0.1) is 6.54 Å². The van der Waals surface area contributed by atoms with Crippen molar-refractivity contribution in [1.82, 2.24) is 15.2 Å². The molecule has 1 aliphatic heterocycles. The molecule has 1 N–H and O–H groups in total. The summed E-state index contributed by atoms with van der Waals surface area (Å²) in [5.41, 5.74) is 0. The molecule has 0 bridgehead atoms. The lowest BCUT2D eigenvalue weighted by Gasteiger charge is -2.21. The van der Waals surface area contributed by atoms with Gasteiger partial charge in [-0.1, -0.05) is 6.92 Å². The van der Waals surface area contributed by atoms with Gasteiger partial charge in [0.25, 0.3) is 0 Å². The summed E-state index contributed by atoms with van der Waals surface area (Å²) in [5.74, 6) is 1.57. The SMILES string of the molecule is CS[C@H](C)CNC(=O)N1CC[C@@H](Oc2cccnc2N(C)C)C1. The van der Waals surface area contributed by atoms with Crippen LogP contribution in [-0.2, 0) is 0 Å². The molecular weight excluding hydrogens is 312 g/mol. The van der Waals surface area contributed by atoms with Gasteiger partial charge in [-0.2, -0.15) is 11.8 Å². The number of urea groups is 1. The number of carbonyl (C=O) groups is 1. The highest BCUT2D eigenvalue weighted by Gasteiger charge is 2.28. The molecule has 1 aromatic heterocycles. The monoisotopic (exact) mass is 338 g/mol. The Kier molecular flexibility index (Phi) is 6.38. The molecule has 0 aliphatic carbocycles. The van der Waals surface area contributed by atoms with Crippen LogP contribution in [0.2, 0.25) is 0 Å². The van der Waals surface area contributed by atoms with Gasteiger partial charge >= 0.3 is 6.03 Å². The first kappa shape index (κ1) is 17.7. The summed E-state index contributed by atoms with van der Waals surface area (Å²) < 4.78 is 6.06. The number of amides is 2. The molecule has 0 aromatic carbocycles. The minimum Gasteiger partial charge on any atom is -0.485 e. The fourth-order valence-electron chi connectivity index (χ4n) is 2.42. The highest BCUT2D eigenvalue weighted by atomic mass is 32.2. The van der Waals surface area contributed by atoms with Crippen molar-refractivity contribution in [3.63, 3.8) is 0 Å². The van der Waals surface area contributed by atoms with Gasteiger partial charge in [0.1, 0.15) is 6.10 Å². The Balaban J connectivity index is 1.87. The molecule has 0 unspecified atom stereocenters. The molecule has 0 spiro atoms. The summed E-state index contributed by atoms with van der Waals surface area (Å²) in [6.07, 6.45) is 4.66. The van der Waals surface area contributed by atoms with Gasteiger partial charge < -0.3 is 19.9 Å². The molecule has 1 fully saturated rings. The maximum absolute atomic E-state index is 12.2. The zero-order valence-corrected chi connectivity index (χ0v) is 15.1. The second-order valence-corrected chi connectivity index (χ2v) is 7.20. The molecule has 2 amide bonds. The second-order valence-electron chi connectivity index (χ2n) is 5.93. The molecule has 2 heterocycles. The van der Waals surface area contributed by atoms with Crippen LogP contribution in [0.1, 0.15) is 13.3 Å². The quantitative estimate of drug-likeness (QED) is 0.860. The van der Waals surface area contributed by atoms with Crippen LogP contribution in [0.15, 0.2) is 18.3 Å². The van der Waals surface area contributed by atoms with Crippen molar-refractivity contribution >= 4 is 23.6 Å². The van der Waals surface area contributed by atoms with Gasteiger partial charge in [0.2, 0.25) is 0 Å². The number of nitrogens with zero attached hydrogens (tertiary/aromatic N) is 3. The van der Waals surface area contributed by atoms with Gasteiger partial charge in [0.15, 0.2) is 11.6 Å². The van der Waals surface area contributed by atoms with Crippen molar-refractivity contribution in [2.45, 2.75) is 24.7 Å². The van der Waals surface area contributed by atoms with Crippen molar-refractivity contribution in [2.75, 3.05) is 44.9 Å². The number of rotatable bonds is 6. The molecule has 128 valence electrons. The topological polar surface area (TPSA) is 57.7 Å². The molecule has 0 saturated carbocycles. The summed E-state index contributed by atoms with van der Waals surface area (Å²) in [6.45, 7) is 4.13. The normalized spacial score (nSPS) is 18.6. The minimum atomic E-state index is -0.00369. The number of pyridine rings is 1. The van der Waals surface area contributed by atoms with Crippen molar-refractivity contribution < 1.29 is 9.53 Å². The van der Waals surface area contributed by atoms with Crippen LogP contribution >= 0.6 is 11.8 Å². The van der Waals surface area contributed by atoms with E-state index in [1.165, 1.54) is 0 Å². The number of anilines is 1. The van der Waals surface area contributed by atoms with Gasteiger partial charge in [-0.15, -0.1) is 0 Å². The average Bonchev–Trinajstić information content (AvgIpc) is 3.01. The van der Waals surface area contributed by atoms with E-state index in [1.807, 2.05) is 42.3 Å². The third-order valence-corrected chi connectivity index (χ3v) is 4.81. The Hall–Kier alpha value is -1.63. The minimum absolute atomic E-state index is 0.00369. The first-order valence-corrected chi connectivity index (χ1v) is 9.14. The summed E-state index contributed by atoms with van der Waals surface area (Å²) >= 11 is 1.75. The zero-order chi connectivity index (χ0) is 16.8. The fraction of sp³-hybridized carbons (Fsp3) is 0.625. The Labute approximate surface area is 142 Å². The number of hydrogen-bond acceptors (Lipinski definition) is 5. The second kappa shape index (κ2) is 8.29. The Morgan fingerprint density at radius 1 is 1.61 bits per heavy atom. The molecule has 1 aliphatic rings. The first-order valence-electron chi connectivity index (χ1n) is 7.85. The molecule has 1 saturated heterocycles. The molecule has 2 rings (SSSR count). The van der Waals surface area contributed by atoms with E-state index in [9.17, 15) is 4.79 Å². The zero-order valence-electron chi connectivity index (χ0n) is 14.3. The van der Waals surface area contributed by atoms with Gasteiger partial charge in [-0.25, -0.2) is 9.78 Å². The third kappa shape index (κ3) is 4.92. The highest BCUT2D eigenvalue weighted by Crippen LogP contribution is 2.26. The van der Waals surface area contributed by atoms with E-state index in [0.29, 0.717) is 18.3 Å². The molecule has 1 aromatic rings. The number of carbonyl (C=O) groups excluding carboxylic acids is 1. The highest BCUT2D eigenvalue weighted by molar-refractivity contribution is 7.99. The number of thioether (sulfide) groups is 1. The van der Waals surface area contributed by atoms with Gasteiger partial charge in [-0.3, -0.25) is 0 Å². The van der Waals surface area contributed by atoms with E-state index in [1.54, 1.807) is 18.0 Å². The summed E-state index contributed by atoms with van der Waals surface area (Å²) in [7, 11) is 3.88. The number of ether oxygens (including phenoxy) is 1. The number of aromatic nitrogens is 1. The van der Waals surface area contributed by atoms with E-state index < -0.39 is 0 Å². The Morgan fingerprint density at radius 2 is 2.39 bits per heavy atom. The smallest absolute Gasteiger partial charge is 0.317 e. The van der Waals surface area contributed by atoms with Crippen LogP contribution < -0.4 is 15.0 Å². The third-order valence-electron chi connectivity index (χ3n) is 3.84. The summed E-state index contributed by atoms with van der Waals surface area (Å²) in [5, 5.41) is 3.40. The van der Waals surface area contributed by atoms with Crippen LogP contribution in [0.3, 0.4) is 0 Å². The van der Waals surface area contributed by atoms with Crippen LogP contribution in [0.4, 0.5) is 10.6 Å². The first-order chi connectivity index (χ1) is 11.0. The average molecular weight is 338 g/mol. The Morgan fingerprint density at radius 3 is 3.09 bits per heavy atom. The van der Waals surface area contributed by atoms with E-state index in [0.717, 1.165) is 24.5 Å². The maximum Gasteiger partial charge on any atom is 0.317 e. The van der Waals surface area contributed by atoms with E-state index in [-0.39, 0.29) is 12.1 Å². The maximum atomic E-state index is 12.2. The molecule has 6 nitrogen and oxygen atoms in total. The number of hydrogen-bond donors (Lipinski definition) is 1. The molecule has 0 radical (unpaired) electrons. The molecular formula is C16H26N4O2S. The predicted octanol–water partition coefficient (Wildman–Crippen LogP) is 2.06. The summed E-state index contributed by atoms with van der Waals surface area (Å²) in [6, 6.07) is 3.78. The number of nitrogens with one attached hydrogen (secondary N) is 1. The van der Waals surface area contributed by atoms with Crippen molar-refractivity contribution in [3.8, 4) is 5.75 Å². The van der Waals surface area contributed by atoms with Crippen LogP contribution in [0.25, 0.3) is 0 Å². The van der Waals surface area contributed by atoms with Crippen molar-refractivity contribution in [2.24, 2.45) is 0 Å². The molecule has 2 atom stereocenters. The van der Waals surface area contributed by atoms with Crippen LogP contribution in [0.5, 0.6) is 5.75 Å². The van der Waals surface area contributed by atoms with Crippen molar-refractivity contribution in [3.05, 3.63) is 18.3 Å². The van der Waals surface area contributed by atoms with Crippen LogP contribution in [-0.4, -0.2) is 67.3 Å². The lowest BCUT2D eigenvalue weighted by molar-refractivity contribution is 0.187. The van der Waals surface area contributed by atoms with E-state index in [4.69, 9.17) is 4.74 Å². The van der Waals surface area contributed by atoms with Gasteiger partial charge in [0, 0.05) is 45.1 Å². The van der Waals surface area contributed by atoms with E-state index >= 15 is 0 Å². The lowest BCUT2D eigenvalue weighted by Crippen LogP contribution is -2.41. The van der Waals surface area contributed by atoms with E-state index in [2.05, 4.69) is 17.2 Å².